The summed E-state index contributed by atoms with van der Waals surface area (Å²) in [5.41, 5.74) is 0.805. The molecular formula is C9H8N2O2. The van der Waals surface area contributed by atoms with Gasteiger partial charge in [-0.3, -0.25) is 4.79 Å². The summed E-state index contributed by atoms with van der Waals surface area (Å²) in [7, 11) is 1.89. The van der Waals surface area contributed by atoms with Crippen LogP contribution in [0.2, 0.25) is 0 Å². The van der Waals surface area contributed by atoms with Crippen LogP contribution in [0.5, 0.6) is 5.75 Å². The average Bonchev–Trinajstić information content (AvgIpc) is 2.50. The number of fused-ring (bicyclic) bond motifs is 1. The first-order chi connectivity index (χ1) is 6.33. The summed E-state index contributed by atoms with van der Waals surface area (Å²) >= 11 is 0. The number of carbonyl (C=O) groups is 1. The van der Waals surface area contributed by atoms with E-state index in [1.54, 1.807) is 12.3 Å². The van der Waals surface area contributed by atoms with Gasteiger partial charge in [0.2, 0.25) is 0 Å². The molecule has 4 nitrogen and oxygen atoms in total. The number of aryl methyl sites for hydroxylation is 1. The van der Waals surface area contributed by atoms with Gasteiger partial charge < -0.3 is 9.30 Å². The number of pyridine rings is 1. The number of hydrogen-bond donors (Lipinski definition) is 0. The molecule has 0 saturated heterocycles. The fraction of sp³-hybridized carbons (Fsp3) is 0.111. The van der Waals surface area contributed by atoms with Gasteiger partial charge in [0.15, 0.2) is 0 Å². The Kier molecular flexibility index (Phi) is 1.73. The standard InChI is InChI=1S/C9H8N2O2/c1-11-5-3-7-8(13-6-12)2-4-10-9(7)11/h2-6H,1H3. The van der Waals surface area contributed by atoms with E-state index in [0.717, 1.165) is 11.0 Å². The summed E-state index contributed by atoms with van der Waals surface area (Å²) in [5.74, 6) is 0.542. The van der Waals surface area contributed by atoms with Crippen LogP contribution in [0.3, 0.4) is 0 Å². The van der Waals surface area contributed by atoms with E-state index in [2.05, 4.69) is 4.98 Å². The van der Waals surface area contributed by atoms with Gasteiger partial charge in [-0.05, 0) is 6.07 Å². The highest BCUT2D eigenvalue weighted by molar-refractivity contribution is 5.83. The van der Waals surface area contributed by atoms with Crippen molar-refractivity contribution >= 4 is 17.5 Å². The maximum atomic E-state index is 10.2. The molecule has 0 N–H and O–H groups in total. The Morgan fingerprint density at radius 3 is 3.15 bits per heavy atom. The first-order valence-corrected chi connectivity index (χ1v) is 3.83. The lowest BCUT2D eigenvalue weighted by Crippen LogP contribution is -1.91. The Morgan fingerprint density at radius 1 is 1.54 bits per heavy atom. The largest absolute Gasteiger partial charge is 0.428 e. The average molecular weight is 176 g/mol. The summed E-state index contributed by atoms with van der Waals surface area (Å²) < 4.78 is 6.67. The van der Waals surface area contributed by atoms with Crippen molar-refractivity contribution in [3.05, 3.63) is 24.5 Å². The maximum Gasteiger partial charge on any atom is 0.298 e. The van der Waals surface area contributed by atoms with Crippen LogP contribution >= 0.6 is 0 Å². The van der Waals surface area contributed by atoms with Gasteiger partial charge in [0, 0.05) is 25.5 Å². The minimum absolute atomic E-state index is 0.418. The zero-order valence-corrected chi connectivity index (χ0v) is 7.10. The molecule has 0 aromatic carbocycles. The summed E-state index contributed by atoms with van der Waals surface area (Å²) in [5, 5.41) is 0.845. The first kappa shape index (κ1) is 7.79. The van der Waals surface area contributed by atoms with Gasteiger partial charge in [0.05, 0.1) is 5.39 Å². The molecule has 2 rings (SSSR count). The Labute approximate surface area is 74.8 Å². The smallest absolute Gasteiger partial charge is 0.298 e. The van der Waals surface area contributed by atoms with E-state index in [0.29, 0.717) is 12.2 Å². The van der Waals surface area contributed by atoms with Gasteiger partial charge in [-0.2, -0.15) is 0 Å². The molecule has 0 spiro atoms. The van der Waals surface area contributed by atoms with Crippen molar-refractivity contribution in [2.75, 3.05) is 0 Å². The first-order valence-electron chi connectivity index (χ1n) is 3.83. The lowest BCUT2D eigenvalue weighted by molar-refractivity contribution is -0.120. The highest BCUT2D eigenvalue weighted by Crippen LogP contribution is 2.23. The van der Waals surface area contributed by atoms with Crippen LogP contribution in [-0.4, -0.2) is 16.0 Å². The molecule has 0 atom stereocenters. The Balaban J connectivity index is 2.69. The summed E-state index contributed by atoms with van der Waals surface area (Å²) in [6.45, 7) is 0.418. The van der Waals surface area contributed by atoms with E-state index in [4.69, 9.17) is 4.74 Å². The third-order valence-electron chi connectivity index (χ3n) is 1.90. The molecule has 0 aliphatic carbocycles. The number of hydrogen-bond acceptors (Lipinski definition) is 3. The molecule has 0 amide bonds. The zero-order chi connectivity index (χ0) is 9.26. The predicted molar refractivity (Wildman–Crippen MR) is 47.4 cm³/mol. The second-order valence-electron chi connectivity index (χ2n) is 2.69. The van der Waals surface area contributed by atoms with Gasteiger partial charge in [0.1, 0.15) is 11.4 Å². The fourth-order valence-electron chi connectivity index (χ4n) is 1.29. The molecule has 0 aliphatic rings. The maximum absolute atomic E-state index is 10.2. The van der Waals surface area contributed by atoms with Crippen molar-refractivity contribution < 1.29 is 9.53 Å². The van der Waals surface area contributed by atoms with E-state index in [-0.39, 0.29) is 0 Å². The molecule has 4 heteroatoms. The van der Waals surface area contributed by atoms with E-state index < -0.39 is 0 Å². The van der Waals surface area contributed by atoms with Crippen LogP contribution in [-0.2, 0) is 11.8 Å². The van der Waals surface area contributed by atoms with Crippen LogP contribution < -0.4 is 4.74 Å². The molecule has 0 fully saturated rings. The molecular weight excluding hydrogens is 168 g/mol. The highest BCUT2D eigenvalue weighted by Gasteiger charge is 2.04. The molecule has 0 bridgehead atoms. The van der Waals surface area contributed by atoms with Crippen LogP contribution in [0.1, 0.15) is 0 Å². The van der Waals surface area contributed by atoms with E-state index in [1.807, 2.05) is 23.9 Å². The van der Waals surface area contributed by atoms with E-state index in [9.17, 15) is 4.79 Å². The number of ether oxygens (including phenoxy) is 1. The normalized spacial score (nSPS) is 10.2. The van der Waals surface area contributed by atoms with Crippen LogP contribution in [0.15, 0.2) is 24.5 Å². The lowest BCUT2D eigenvalue weighted by atomic mass is 10.3. The van der Waals surface area contributed by atoms with Gasteiger partial charge >= 0.3 is 0 Å². The Hall–Kier alpha value is -1.84. The van der Waals surface area contributed by atoms with E-state index >= 15 is 0 Å². The molecule has 0 radical (unpaired) electrons. The SMILES string of the molecule is Cn1ccc2c(OC=O)ccnc21. The molecule has 2 heterocycles. The number of aromatic nitrogens is 2. The minimum atomic E-state index is 0.418. The molecule has 0 unspecified atom stereocenters. The minimum Gasteiger partial charge on any atom is -0.428 e. The molecule has 66 valence electrons. The third-order valence-corrected chi connectivity index (χ3v) is 1.90. The Bertz CT molecular complexity index is 448. The molecule has 0 saturated carbocycles. The van der Waals surface area contributed by atoms with Crippen molar-refractivity contribution in [1.82, 2.24) is 9.55 Å². The van der Waals surface area contributed by atoms with Crippen molar-refractivity contribution in [3.8, 4) is 5.75 Å². The van der Waals surface area contributed by atoms with Crippen LogP contribution in [0.25, 0.3) is 11.0 Å². The number of carbonyl (C=O) groups excluding carboxylic acids is 1. The second-order valence-corrected chi connectivity index (χ2v) is 2.69. The summed E-state index contributed by atoms with van der Waals surface area (Å²) in [6, 6.07) is 3.53. The van der Waals surface area contributed by atoms with Gasteiger partial charge in [-0.25, -0.2) is 4.98 Å². The monoisotopic (exact) mass is 176 g/mol. The fourth-order valence-corrected chi connectivity index (χ4v) is 1.29. The Morgan fingerprint density at radius 2 is 2.38 bits per heavy atom. The van der Waals surface area contributed by atoms with Gasteiger partial charge in [-0.1, -0.05) is 0 Å². The van der Waals surface area contributed by atoms with E-state index in [1.165, 1.54) is 0 Å². The van der Waals surface area contributed by atoms with Gasteiger partial charge in [0.25, 0.3) is 6.47 Å². The van der Waals surface area contributed by atoms with Gasteiger partial charge in [-0.15, -0.1) is 0 Å². The molecule has 0 aliphatic heterocycles. The number of nitrogens with zero attached hydrogens (tertiary/aromatic N) is 2. The summed E-state index contributed by atoms with van der Waals surface area (Å²) in [6.07, 6.45) is 3.48. The molecule has 13 heavy (non-hydrogen) atoms. The van der Waals surface area contributed by atoms with Crippen molar-refractivity contribution in [1.29, 1.82) is 0 Å². The van der Waals surface area contributed by atoms with Crippen molar-refractivity contribution in [2.45, 2.75) is 0 Å². The topological polar surface area (TPSA) is 44.1 Å². The predicted octanol–water partition coefficient (Wildman–Crippen LogP) is 1.11. The summed E-state index contributed by atoms with van der Waals surface area (Å²) in [4.78, 5) is 14.3. The third kappa shape index (κ3) is 1.16. The quantitative estimate of drug-likeness (QED) is 0.644. The molecule has 2 aromatic heterocycles. The molecule has 2 aromatic rings. The highest BCUT2D eigenvalue weighted by atomic mass is 16.5. The zero-order valence-electron chi connectivity index (χ0n) is 7.10. The van der Waals surface area contributed by atoms with Crippen molar-refractivity contribution in [3.63, 3.8) is 0 Å². The van der Waals surface area contributed by atoms with Crippen molar-refractivity contribution in [2.24, 2.45) is 7.05 Å². The van der Waals surface area contributed by atoms with Crippen LogP contribution in [0, 0.1) is 0 Å². The number of rotatable bonds is 2. The second kappa shape index (κ2) is 2.90. The van der Waals surface area contributed by atoms with Crippen LogP contribution in [0.4, 0.5) is 0 Å². The lowest BCUT2D eigenvalue weighted by Gasteiger charge is -1.99.